The van der Waals surface area contributed by atoms with E-state index in [4.69, 9.17) is 0 Å². The molecule has 0 radical (unpaired) electrons. The van der Waals surface area contributed by atoms with Gasteiger partial charge in [-0.1, -0.05) is 133 Å². The molecular formula is C46H32N2. The van der Waals surface area contributed by atoms with Crippen molar-refractivity contribution in [2.75, 3.05) is 4.90 Å². The second kappa shape index (κ2) is 11.8. The van der Waals surface area contributed by atoms with Crippen LogP contribution < -0.4 is 4.90 Å². The lowest BCUT2D eigenvalue weighted by molar-refractivity contribution is 1.18. The van der Waals surface area contributed by atoms with Crippen molar-refractivity contribution in [1.82, 2.24) is 4.57 Å². The van der Waals surface area contributed by atoms with Gasteiger partial charge in [-0.05, 0) is 93.7 Å². The Morgan fingerprint density at radius 3 is 1.31 bits per heavy atom. The van der Waals surface area contributed by atoms with Crippen LogP contribution in [0.25, 0.3) is 60.5 Å². The van der Waals surface area contributed by atoms with Crippen LogP contribution in [0.1, 0.15) is 0 Å². The highest BCUT2D eigenvalue weighted by molar-refractivity contribution is 6.14. The van der Waals surface area contributed by atoms with Crippen LogP contribution in [0.2, 0.25) is 0 Å². The molecule has 0 N–H and O–H groups in total. The minimum atomic E-state index is 1.10. The summed E-state index contributed by atoms with van der Waals surface area (Å²) in [5.74, 6) is 0. The normalized spacial score (nSPS) is 11.3. The third kappa shape index (κ3) is 4.92. The van der Waals surface area contributed by atoms with Crippen LogP contribution in [0, 0.1) is 0 Å². The molecule has 0 amide bonds. The van der Waals surface area contributed by atoms with Crippen molar-refractivity contribution in [2.45, 2.75) is 0 Å². The van der Waals surface area contributed by atoms with Gasteiger partial charge in [-0.3, -0.25) is 0 Å². The largest absolute Gasteiger partial charge is 0.310 e. The van der Waals surface area contributed by atoms with Gasteiger partial charge in [-0.25, -0.2) is 0 Å². The number of para-hydroxylation sites is 1. The lowest BCUT2D eigenvalue weighted by Gasteiger charge is -2.26. The van der Waals surface area contributed by atoms with Crippen molar-refractivity contribution in [3.8, 4) is 27.9 Å². The Morgan fingerprint density at radius 2 is 0.750 bits per heavy atom. The highest BCUT2D eigenvalue weighted by Gasteiger charge is 2.18. The van der Waals surface area contributed by atoms with Crippen molar-refractivity contribution in [1.29, 1.82) is 0 Å². The highest BCUT2D eigenvalue weighted by Crippen LogP contribution is 2.41. The summed E-state index contributed by atoms with van der Waals surface area (Å²) < 4.78 is 2.41. The molecule has 2 heteroatoms. The molecule has 0 unspecified atom stereocenters. The van der Waals surface area contributed by atoms with E-state index in [1.165, 1.54) is 54.8 Å². The van der Waals surface area contributed by atoms with Gasteiger partial charge in [0, 0.05) is 33.5 Å². The first-order valence-corrected chi connectivity index (χ1v) is 16.4. The van der Waals surface area contributed by atoms with Gasteiger partial charge in [-0.15, -0.1) is 0 Å². The van der Waals surface area contributed by atoms with Crippen molar-refractivity contribution in [2.24, 2.45) is 0 Å². The Balaban J connectivity index is 1.25. The van der Waals surface area contributed by atoms with Crippen molar-refractivity contribution >= 4 is 49.6 Å². The van der Waals surface area contributed by atoms with Crippen LogP contribution >= 0.6 is 0 Å². The van der Waals surface area contributed by atoms with Gasteiger partial charge in [0.15, 0.2) is 0 Å². The Hall–Kier alpha value is -6.38. The predicted octanol–water partition coefficient (Wildman–Crippen LogP) is 12.7. The third-order valence-electron chi connectivity index (χ3n) is 9.36. The third-order valence-corrected chi connectivity index (χ3v) is 9.36. The summed E-state index contributed by atoms with van der Waals surface area (Å²) in [6, 6.07) is 69.9. The average molecular weight is 613 g/mol. The summed E-state index contributed by atoms with van der Waals surface area (Å²) in [7, 11) is 0. The fourth-order valence-corrected chi connectivity index (χ4v) is 7.00. The Labute approximate surface area is 280 Å². The molecule has 0 aliphatic heterocycles. The molecule has 0 saturated heterocycles. The molecule has 226 valence electrons. The SMILES string of the molecule is c1ccc(-c2ccc(N(c3ccc(-c4ccccc4)cc3)c3ccc4c5cc6ccccc6cc5n(-c5ccccc5)c4c3)cc2)cc1. The fourth-order valence-electron chi connectivity index (χ4n) is 7.00. The Kier molecular flexibility index (Phi) is 6.84. The lowest BCUT2D eigenvalue weighted by atomic mass is 10.0. The molecule has 9 rings (SSSR count). The molecule has 48 heavy (non-hydrogen) atoms. The topological polar surface area (TPSA) is 8.17 Å². The molecular weight excluding hydrogens is 581 g/mol. The Morgan fingerprint density at radius 1 is 0.312 bits per heavy atom. The molecule has 1 aromatic heterocycles. The van der Waals surface area contributed by atoms with Gasteiger partial charge in [-0.2, -0.15) is 0 Å². The summed E-state index contributed by atoms with van der Waals surface area (Å²) in [6.45, 7) is 0. The number of rotatable bonds is 6. The Bertz CT molecular complexity index is 2430. The van der Waals surface area contributed by atoms with Gasteiger partial charge in [0.05, 0.1) is 11.0 Å². The highest BCUT2D eigenvalue weighted by atomic mass is 15.1. The van der Waals surface area contributed by atoms with Crippen LogP contribution in [0.3, 0.4) is 0 Å². The first-order valence-electron chi connectivity index (χ1n) is 16.4. The fraction of sp³-hybridized carbons (Fsp3) is 0. The maximum atomic E-state index is 2.41. The van der Waals surface area contributed by atoms with Gasteiger partial charge in [0.1, 0.15) is 0 Å². The van der Waals surface area contributed by atoms with E-state index in [0.29, 0.717) is 0 Å². The summed E-state index contributed by atoms with van der Waals surface area (Å²) in [6.07, 6.45) is 0. The van der Waals surface area contributed by atoms with E-state index in [1.54, 1.807) is 0 Å². The maximum absolute atomic E-state index is 2.41. The number of fused-ring (bicyclic) bond motifs is 4. The van der Waals surface area contributed by atoms with E-state index in [-0.39, 0.29) is 0 Å². The number of hydrogen-bond acceptors (Lipinski definition) is 1. The first-order chi connectivity index (χ1) is 23.8. The van der Waals surface area contributed by atoms with E-state index in [0.717, 1.165) is 22.7 Å². The van der Waals surface area contributed by atoms with E-state index in [9.17, 15) is 0 Å². The molecule has 0 fully saturated rings. The average Bonchev–Trinajstić information content (AvgIpc) is 3.48. The number of benzene rings is 8. The van der Waals surface area contributed by atoms with Crippen molar-refractivity contribution in [3.05, 3.63) is 194 Å². The van der Waals surface area contributed by atoms with Gasteiger partial charge < -0.3 is 9.47 Å². The van der Waals surface area contributed by atoms with Crippen LogP contribution in [-0.4, -0.2) is 4.57 Å². The molecule has 0 spiro atoms. The van der Waals surface area contributed by atoms with Gasteiger partial charge in [0.2, 0.25) is 0 Å². The second-order valence-corrected chi connectivity index (χ2v) is 12.3. The zero-order valence-electron chi connectivity index (χ0n) is 26.4. The summed E-state index contributed by atoms with van der Waals surface area (Å²) >= 11 is 0. The van der Waals surface area contributed by atoms with E-state index in [2.05, 4.69) is 204 Å². The zero-order valence-corrected chi connectivity index (χ0v) is 26.4. The number of aromatic nitrogens is 1. The summed E-state index contributed by atoms with van der Waals surface area (Å²) in [4.78, 5) is 2.37. The minimum absolute atomic E-state index is 1.10. The molecule has 1 heterocycles. The van der Waals surface area contributed by atoms with Crippen molar-refractivity contribution in [3.63, 3.8) is 0 Å². The van der Waals surface area contributed by atoms with E-state index in [1.807, 2.05) is 0 Å². The molecule has 0 aliphatic carbocycles. The second-order valence-electron chi connectivity index (χ2n) is 12.3. The standard InChI is InChI=1S/C46H32N2/c1-4-12-33(13-5-1)35-20-24-40(25-21-35)47(41-26-22-36(23-27-41)34-14-6-2-7-15-34)42-28-29-43-44-30-37-16-10-11-17-38(37)31-45(44)48(46(43)32-42)39-18-8-3-9-19-39/h1-32H. The quantitative estimate of drug-likeness (QED) is 0.181. The number of hydrogen-bond donors (Lipinski definition) is 0. The maximum Gasteiger partial charge on any atom is 0.0561 e. The van der Waals surface area contributed by atoms with Gasteiger partial charge in [0.25, 0.3) is 0 Å². The van der Waals surface area contributed by atoms with E-state index >= 15 is 0 Å². The predicted molar refractivity (Wildman–Crippen MR) is 204 cm³/mol. The number of anilines is 3. The molecule has 8 aromatic carbocycles. The van der Waals surface area contributed by atoms with Crippen LogP contribution in [0.4, 0.5) is 17.1 Å². The number of nitrogens with zero attached hydrogens (tertiary/aromatic N) is 2. The zero-order chi connectivity index (χ0) is 31.9. The monoisotopic (exact) mass is 612 g/mol. The van der Waals surface area contributed by atoms with Crippen LogP contribution in [0.15, 0.2) is 194 Å². The van der Waals surface area contributed by atoms with Gasteiger partial charge >= 0.3 is 0 Å². The molecule has 9 aromatic rings. The molecule has 0 bridgehead atoms. The molecule has 2 nitrogen and oxygen atoms in total. The van der Waals surface area contributed by atoms with Crippen LogP contribution in [-0.2, 0) is 0 Å². The molecule has 0 atom stereocenters. The molecule has 0 aliphatic rings. The van der Waals surface area contributed by atoms with Crippen LogP contribution in [0.5, 0.6) is 0 Å². The first kappa shape index (κ1) is 27.9. The lowest BCUT2D eigenvalue weighted by Crippen LogP contribution is -2.10. The summed E-state index contributed by atoms with van der Waals surface area (Å²) in [5.41, 5.74) is 11.7. The minimum Gasteiger partial charge on any atom is -0.310 e. The van der Waals surface area contributed by atoms with E-state index < -0.39 is 0 Å². The van der Waals surface area contributed by atoms with Crippen molar-refractivity contribution < 1.29 is 0 Å². The summed E-state index contributed by atoms with van der Waals surface area (Å²) in [5, 5.41) is 4.98. The molecule has 0 saturated carbocycles. The smallest absolute Gasteiger partial charge is 0.0561 e.